The van der Waals surface area contributed by atoms with Crippen LogP contribution in [0, 0.1) is 18.7 Å². The molecular weight excluding hydrogens is 487 g/mol. The Balaban J connectivity index is 1.48. The molecule has 3 amide bonds. The summed E-state index contributed by atoms with van der Waals surface area (Å²) in [6.45, 7) is 6.17. The molecule has 0 fully saturated rings. The van der Waals surface area contributed by atoms with E-state index in [4.69, 9.17) is 4.74 Å². The van der Waals surface area contributed by atoms with Gasteiger partial charge in [-0.1, -0.05) is 26.0 Å². The number of urea groups is 1. The van der Waals surface area contributed by atoms with Gasteiger partial charge in [0, 0.05) is 31.4 Å². The fourth-order valence-corrected chi connectivity index (χ4v) is 3.79. The number of rotatable bonds is 8. The van der Waals surface area contributed by atoms with Crippen LogP contribution in [0.5, 0.6) is 11.5 Å². The maximum absolute atomic E-state index is 14.8. The van der Waals surface area contributed by atoms with Crippen LogP contribution < -0.4 is 20.7 Å². The van der Waals surface area contributed by atoms with E-state index in [0.717, 1.165) is 29.4 Å². The molecule has 2 aromatic carbocycles. The lowest BCUT2D eigenvalue weighted by molar-refractivity contribution is 0.0957. The molecular formula is C28H29FN6O3. The molecule has 4 aromatic rings. The van der Waals surface area contributed by atoms with Gasteiger partial charge in [0.25, 0.3) is 5.91 Å². The van der Waals surface area contributed by atoms with Crippen molar-refractivity contribution in [1.82, 2.24) is 20.1 Å². The van der Waals surface area contributed by atoms with Crippen molar-refractivity contribution in [1.29, 1.82) is 0 Å². The second kappa shape index (κ2) is 11.5. The molecule has 0 saturated carbocycles. The van der Waals surface area contributed by atoms with Crippen molar-refractivity contribution < 1.29 is 18.7 Å². The molecule has 0 spiro atoms. The Morgan fingerprint density at radius 2 is 1.82 bits per heavy atom. The smallest absolute Gasteiger partial charge is 0.324 e. The first kappa shape index (κ1) is 26.3. The minimum absolute atomic E-state index is 0.0281. The zero-order valence-corrected chi connectivity index (χ0v) is 21.6. The maximum Gasteiger partial charge on any atom is 0.324 e. The number of ether oxygens (including phenoxy) is 1. The monoisotopic (exact) mass is 516 g/mol. The highest BCUT2D eigenvalue weighted by Gasteiger charge is 2.16. The summed E-state index contributed by atoms with van der Waals surface area (Å²) in [4.78, 5) is 28.6. The first-order valence-electron chi connectivity index (χ1n) is 12.1. The lowest BCUT2D eigenvalue weighted by Crippen LogP contribution is -2.22. The summed E-state index contributed by atoms with van der Waals surface area (Å²) in [7, 11) is 1.50. The average molecular weight is 517 g/mol. The zero-order chi connectivity index (χ0) is 27.2. The highest BCUT2D eigenvalue weighted by Crippen LogP contribution is 2.26. The molecule has 0 radical (unpaired) electrons. The third kappa shape index (κ3) is 6.52. The molecule has 0 saturated heterocycles. The summed E-state index contributed by atoms with van der Waals surface area (Å²) in [6, 6.07) is 16.0. The van der Waals surface area contributed by atoms with Gasteiger partial charge in [0.15, 0.2) is 0 Å². The van der Waals surface area contributed by atoms with E-state index in [-0.39, 0.29) is 23.0 Å². The number of carbonyl (C=O) groups is 2. The molecule has 0 atom stereocenters. The maximum atomic E-state index is 14.8. The Morgan fingerprint density at radius 3 is 2.53 bits per heavy atom. The number of anilines is 2. The molecule has 2 heterocycles. The molecule has 10 heteroatoms. The second-order valence-corrected chi connectivity index (χ2v) is 9.15. The summed E-state index contributed by atoms with van der Waals surface area (Å²) in [5.41, 5.74) is 2.83. The minimum Gasteiger partial charge on any atom is -0.457 e. The number of nitrogens with zero attached hydrogens (tertiary/aromatic N) is 3. The van der Waals surface area contributed by atoms with Gasteiger partial charge in [-0.15, -0.1) is 0 Å². The van der Waals surface area contributed by atoms with Crippen LogP contribution >= 0.6 is 0 Å². The van der Waals surface area contributed by atoms with Crippen molar-refractivity contribution in [2.75, 3.05) is 17.7 Å². The van der Waals surface area contributed by atoms with Crippen molar-refractivity contribution in [3.05, 3.63) is 89.6 Å². The van der Waals surface area contributed by atoms with Crippen LogP contribution in [0.2, 0.25) is 0 Å². The number of aromatic nitrogens is 3. The molecule has 0 aliphatic rings. The van der Waals surface area contributed by atoms with Crippen LogP contribution in [0.25, 0.3) is 5.69 Å². The van der Waals surface area contributed by atoms with Crippen molar-refractivity contribution in [3.8, 4) is 17.2 Å². The van der Waals surface area contributed by atoms with Crippen molar-refractivity contribution in [3.63, 3.8) is 0 Å². The number of carbonyl (C=O) groups excluding carboxylic acids is 2. The predicted octanol–water partition coefficient (Wildman–Crippen LogP) is 5.71. The number of hydrogen-bond acceptors (Lipinski definition) is 5. The largest absolute Gasteiger partial charge is 0.457 e. The Morgan fingerprint density at radius 1 is 1.03 bits per heavy atom. The summed E-state index contributed by atoms with van der Waals surface area (Å²) in [6.07, 6.45) is 2.16. The molecule has 0 bridgehead atoms. The Hall–Kier alpha value is -4.73. The van der Waals surface area contributed by atoms with Crippen molar-refractivity contribution in [2.24, 2.45) is 5.92 Å². The first-order chi connectivity index (χ1) is 18.2. The number of amides is 3. The third-order valence-electron chi connectivity index (χ3n) is 5.48. The molecule has 0 aliphatic carbocycles. The van der Waals surface area contributed by atoms with Gasteiger partial charge >= 0.3 is 6.03 Å². The summed E-state index contributed by atoms with van der Waals surface area (Å²) >= 11 is 0. The lowest BCUT2D eigenvalue weighted by atomic mass is 10.1. The molecule has 2 aromatic heterocycles. The van der Waals surface area contributed by atoms with E-state index in [1.54, 1.807) is 10.7 Å². The second-order valence-electron chi connectivity index (χ2n) is 9.15. The van der Waals surface area contributed by atoms with E-state index in [1.165, 1.54) is 31.4 Å². The minimum atomic E-state index is -0.689. The first-order valence-corrected chi connectivity index (χ1v) is 12.1. The van der Waals surface area contributed by atoms with Gasteiger partial charge in [-0.2, -0.15) is 5.10 Å². The standard InChI is InChI=1S/C28H29FN6O3/c1-17(2)12-19-14-26(35(34-19)20-7-5-6-18(3)13-20)33-28(37)32-24-9-8-21(15-23(24)29)38-22-10-11-31-25(16-22)27(36)30-4/h5-11,13-17H,12H2,1-4H3,(H,30,36)(H2,32,33,37). The van der Waals surface area contributed by atoms with Gasteiger partial charge in [-0.05, 0) is 55.2 Å². The number of hydrogen-bond donors (Lipinski definition) is 3. The molecule has 38 heavy (non-hydrogen) atoms. The highest BCUT2D eigenvalue weighted by atomic mass is 19.1. The normalized spacial score (nSPS) is 10.8. The van der Waals surface area contributed by atoms with Gasteiger partial charge in [0.05, 0.1) is 17.1 Å². The summed E-state index contributed by atoms with van der Waals surface area (Å²) in [5, 5.41) is 12.5. The molecule has 3 N–H and O–H groups in total. The van der Waals surface area contributed by atoms with E-state index < -0.39 is 11.8 Å². The molecule has 196 valence electrons. The van der Waals surface area contributed by atoms with Crippen LogP contribution in [0.3, 0.4) is 0 Å². The zero-order valence-electron chi connectivity index (χ0n) is 21.6. The van der Waals surface area contributed by atoms with Gasteiger partial charge in [-0.3, -0.25) is 15.1 Å². The van der Waals surface area contributed by atoms with E-state index >= 15 is 0 Å². The quantitative estimate of drug-likeness (QED) is 0.278. The topological polar surface area (TPSA) is 110 Å². The van der Waals surface area contributed by atoms with Crippen LogP contribution in [-0.4, -0.2) is 33.8 Å². The SMILES string of the molecule is CNC(=O)c1cc(Oc2ccc(NC(=O)Nc3cc(CC(C)C)nn3-c3cccc(C)c3)c(F)c2)ccn1. The van der Waals surface area contributed by atoms with Crippen LogP contribution in [0.4, 0.5) is 20.7 Å². The summed E-state index contributed by atoms with van der Waals surface area (Å²) in [5.74, 6) is 0.304. The van der Waals surface area contributed by atoms with Gasteiger partial charge < -0.3 is 15.4 Å². The highest BCUT2D eigenvalue weighted by molar-refractivity contribution is 5.99. The average Bonchev–Trinajstić information content (AvgIpc) is 3.26. The van der Waals surface area contributed by atoms with Crippen LogP contribution in [-0.2, 0) is 6.42 Å². The Bertz CT molecular complexity index is 1470. The van der Waals surface area contributed by atoms with Crippen molar-refractivity contribution in [2.45, 2.75) is 27.2 Å². The fraction of sp³-hybridized carbons (Fsp3) is 0.214. The molecule has 9 nitrogen and oxygen atoms in total. The van der Waals surface area contributed by atoms with E-state index in [0.29, 0.717) is 17.5 Å². The Labute approximate surface area is 220 Å². The summed E-state index contributed by atoms with van der Waals surface area (Å²) < 4.78 is 22.2. The molecule has 0 aliphatic heterocycles. The van der Waals surface area contributed by atoms with E-state index in [9.17, 15) is 14.0 Å². The lowest BCUT2D eigenvalue weighted by Gasteiger charge is -2.12. The van der Waals surface area contributed by atoms with Crippen LogP contribution in [0.15, 0.2) is 66.9 Å². The van der Waals surface area contributed by atoms with Gasteiger partial charge in [-0.25, -0.2) is 13.9 Å². The number of pyridine rings is 1. The third-order valence-corrected chi connectivity index (χ3v) is 5.48. The number of benzene rings is 2. The van der Waals surface area contributed by atoms with Crippen molar-refractivity contribution >= 4 is 23.4 Å². The fourth-order valence-electron chi connectivity index (χ4n) is 3.79. The number of nitrogens with one attached hydrogen (secondary N) is 3. The number of aryl methyl sites for hydroxylation is 1. The van der Waals surface area contributed by atoms with Gasteiger partial charge in [0.1, 0.15) is 28.8 Å². The van der Waals surface area contributed by atoms with Gasteiger partial charge in [0.2, 0.25) is 0 Å². The van der Waals surface area contributed by atoms with Crippen LogP contribution in [0.1, 0.15) is 35.6 Å². The van der Waals surface area contributed by atoms with E-state index in [2.05, 4.69) is 39.9 Å². The Kier molecular flexibility index (Phi) is 8.00. The number of halogens is 1. The van der Waals surface area contributed by atoms with E-state index in [1.807, 2.05) is 37.3 Å². The molecule has 4 rings (SSSR count). The predicted molar refractivity (Wildman–Crippen MR) is 144 cm³/mol. The molecule has 0 unspecified atom stereocenters.